The Hall–Kier alpha value is -3.85. The van der Waals surface area contributed by atoms with Gasteiger partial charge in [0.25, 0.3) is 0 Å². The van der Waals surface area contributed by atoms with E-state index in [1.165, 1.54) is 24.8 Å². The van der Waals surface area contributed by atoms with Crippen LogP contribution in [0.15, 0.2) is 51.8 Å². The second-order valence-electron chi connectivity index (χ2n) is 11.7. The molecule has 41 heavy (non-hydrogen) atoms. The fraction of sp³-hybridized carbons (Fsp3) is 0.469. The van der Waals surface area contributed by atoms with Gasteiger partial charge in [-0.2, -0.15) is 0 Å². The van der Waals surface area contributed by atoms with E-state index >= 15 is 0 Å². The number of methoxy groups -OCH3 is 1. The number of nitrogens with zero attached hydrogens (tertiary/aromatic N) is 4. The Morgan fingerprint density at radius 3 is 2.51 bits per heavy atom. The fourth-order valence-electron chi connectivity index (χ4n) is 6.80. The van der Waals surface area contributed by atoms with E-state index in [1.54, 1.807) is 7.11 Å². The molecule has 6 rings (SSSR count). The summed E-state index contributed by atoms with van der Waals surface area (Å²) in [7, 11) is 5.91. The molecule has 1 saturated heterocycles. The smallest absolute Gasteiger partial charge is 0.439 e. The van der Waals surface area contributed by atoms with Gasteiger partial charge in [0.2, 0.25) is 5.91 Å². The molecule has 3 heterocycles. The highest BCUT2D eigenvalue weighted by atomic mass is 16.5. The summed E-state index contributed by atoms with van der Waals surface area (Å²) in [6.07, 6.45) is 7.87. The molecule has 0 unspecified atom stereocenters. The number of hydrogen-bond donors (Lipinski definition) is 1. The van der Waals surface area contributed by atoms with Gasteiger partial charge in [-0.3, -0.25) is 14.3 Å². The highest BCUT2D eigenvalue weighted by Crippen LogP contribution is 2.45. The van der Waals surface area contributed by atoms with Crippen LogP contribution in [-0.2, 0) is 11.3 Å². The topological polar surface area (TPSA) is 96.6 Å². The summed E-state index contributed by atoms with van der Waals surface area (Å²) in [6.45, 7) is 1.76. The zero-order valence-corrected chi connectivity index (χ0v) is 24.2. The number of rotatable bonds is 7. The summed E-state index contributed by atoms with van der Waals surface area (Å²) in [5, 5.41) is 5.07. The van der Waals surface area contributed by atoms with E-state index < -0.39 is 5.76 Å². The predicted octanol–water partition coefficient (Wildman–Crippen LogP) is 5.26. The first kappa shape index (κ1) is 27.3. The lowest BCUT2D eigenvalue weighted by Crippen LogP contribution is -2.45. The quantitative estimate of drug-likeness (QED) is 0.333. The van der Waals surface area contributed by atoms with E-state index in [0.29, 0.717) is 17.8 Å². The number of H-pyrrole nitrogens is 1. The van der Waals surface area contributed by atoms with Gasteiger partial charge in [0.1, 0.15) is 12.3 Å². The minimum absolute atomic E-state index is 0.124. The van der Waals surface area contributed by atoms with Gasteiger partial charge in [0.15, 0.2) is 5.82 Å². The van der Waals surface area contributed by atoms with Crippen molar-refractivity contribution in [1.29, 1.82) is 0 Å². The van der Waals surface area contributed by atoms with Gasteiger partial charge in [-0.05, 0) is 69.5 Å². The third kappa shape index (κ3) is 5.43. The molecule has 0 radical (unpaired) electrons. The first-order valence-electron chi connectivity index (χ1n) is 14.7. The SMILES string of the molecule is COc1cccc(-c2c(C3CCCCC3)c3ccc(-c4noc(=O)[nH]4)cc3n2CC(=O)N2CCC(N(C)C)CC2)c1. The molecule has 216 valence electrons. The lowest BCUT2D eigenvalue weighted by atomic mass is 9.81. The van der Waals surface area contributed by atoms with Crippen LogP contribution in [0.4, 0.5) is 0 Å². The first-order valence-corrected chi connectivity index (χ1v) is 14.7. The van der Waals surface area contributed by atoms with Gasteiger partial charge in [0, 0.05) is 35.6 Å². The van der Waals surface area contributed by atoms with E-state index in [9.17, 15) is 9.59 Å². The van der Waals surface area contributed by atoms with E-state index in [1.807, 2.05) is 29.2 Å². The van der Waals surface area contributed by atoms with Crippen LogP contribution < -0.4 is 10.5 Å². The number of likely N-dealkylation sites (tertiary alicyclic amines) is 1. The Labute approximate surface area is 240 Å². The molecule has 2 aliphatic rings. The number of carbonyl (C=O) groups is 1. The van der Waals surface area contributed by atoms with Gasteiger partial charge in [0.05, 0.1) is 18.3 Å². The Morgan fingerprint density at radius 1 is 1.05 bits per heavy atom. The maximum absolute atomic E-state index is 13.9. The number of amides is 1. The van der Waals surface area contributed by atoms with Gasteiger partial charge < -0.3 is 19.1 Å². The number of fused-ring (bicyclic) bond motifs is 1. The largest absolute Gasteiger partial charge is 0.497 e. The van der Waals surface area contributed by atoms with Crippen molar-refractivity contribution in [3.63, 3.8) is 0 Å². The average molecular weight is 558 g/mol. The summed E-state index contributed by atoms with van der Waals surface area (Å²) in [5.41, 5.74) is 5.12. The van der Waals surface area contributed by atoms with E-state index in [0.717, 1.165) is 72.2 Å². The van der Waals surface area contributed by atoms with Crippen LogP contribution in [-0.4, -0.2) is 70.8 Å². The van der Waals surface area contributed by atoms with E-state index in [2.05, 4.69) is 51.9 Å². The third-order valence-electron chi connectivity index (χ3n) is 9.01. The van der Waals surface area contributed by atoms with Crippen molar-refractivity contribution in [1.82, 2.24) is 24.5 Å². The second kappa shape index (κ2) is 11.6. The van der Waals surface area contributed by atoms with Crippen LogP contribution in [0.3, 0.4) is 0 Å². The van der Waals surface area contributed by atoms with Crippen molar-refractivity contribution in [2.45, 2.75) is 63.5 Å². The first-order chi connectivity index (χ1) is 19.9. The van der Waals surface area contributed by atoms with Crippen LogP contribution in [0.25, 0.3) is 33.5 Å². The Morgan fingerprint density at radius 2 is 1.83 bits per heavy atom. The summed E-state index contributed by atoms with van der Waals surface area (Å²) in [6, 6.07) is 14.8. The number of ether oxygens (including phenoxy) is 1. The standard InChI is InChI=1S/C32H39N5O4/c1-35(2)24-14-16-36(17-15-24)28(38)20-37-27-19-23(31-33-32(39)41-34-31)12-13-26(27)29(21-8-5-4-6-9-21)30(37)22-10-7-11-25(18-22)40-3/h7,10-13,18-19,21,24H,4-6,8-9,14-17,20H2,1-3H3,(H,33,34,39). The second-order valence-corrected chi connectivity index (χ2v) is 11.7. The van der Waals surface area contributed by atoms with Crippen LogP contribution in [0.2, 0.25) is 0 Å². The molecule has 4 aromatic rings. The van der Waals surface area contributed by atoms with Crippen molar-refractivity contribution in [3.05, 3.63) is 58.6 Å². The maximum Gasteiger partial charge on any atom is 0.439 e. The number of nitrogens with one attached hydrogen (secondary N) is 1. The molecule has 2 aromatic carbocycles. The van der Waals surface area contributed by atoms with Gasteiger partial charge in [-0.15, -0.1) is 0 Å². The highest BCUT2D eigenvalue weighted by molar-refractivity contribution is 5.96. The number of aromatic amines is 1. The number of benzene rings is 2. The van der Waals surface area contributed by atoms with E-state index in [4.69, 9.17) is 9.26 Å². The molecule has 1 aliphatic heterocycles. The van der Waals surface area contributed by atoms with E-state index in [-0.39, 0.29) is 12.5 Å². The normalized spacial score (nSPS) is 17.0. The predicted molar refractivity (Wildman–Crippen MR) is 159 cm³/mol. The lowest BCUT2D eigenvalue weighted by Gasteiger charge is -2.35. The molecule has 0 atom stereocenters. The Bertz CT molecular complexity index is 1590. The van der Waals surface area contributed by atoms with Crippen LogP contribution in [0.5, 0.6) is 5.75 Å². The molecule has 9 heteroatoms. The molecule has 2 fully saturated rings. The Kier molecular flexibility index (Phi) is 7.71. The zero-order valence-electron chi connectivity index (χ0n) is 24.2. The number of hydrogen-bond acceptors (Lipinski definition) is 6. The van der Waals surface area contributed by atoms with Gasteiger partial charge in [-0.25, -0.2) is 4.79 Å². The van der Waals surface area contributed by atoms with Gasteiger partial charge >= 0.3 is 5.76 Å². The summed E-state index contributed by atoms with van der Waals surface area (Å²) in [4.78, 5) is 32.6. The molecular formula is C32H39N5O4. The third-order valence-corrected chi connectivity index (χ3v) is 9.01. The molecule has 0 spiro atoms. The van der Waals surface area contributed by atoms with Crippen molar-refractivity contribution in [2.24, 2.45) is 0 Å². The monoisotopic (exact) mass is 557 g/mol. The van der Waals surface area contributed by atoms with Crippen molar-refractivity contribution in [3.8, 4) is 28.4 Å². The molecule has 1 N–H and O–H groups in total. The minimum atomic E-state index is -0.591. The number of aromatic nitrogens is 3. The molecule has 0 bridgehead atoms. The van der Waals surface area contributed by atoms with Crippen LogP contribution in [0, 0.1) is 0 Å². The minimum Gasteiger partial charge on any atom is -0.497 e. The summed E-state index contributed by atoms with van der Waals surface area (Å²) in [5.74, 6) is 1.10. The lowest BCUT2D eigenvalue weighted by molar-refractivity contribution is -0.133. The fourth-order valence-corrected chi connectivity index (χ4v) is 6.80. The maximum atomic E-state index is 13.9. The number of carbonyl (C=O) groups excluding carboxylic acids is 1. The highest BCUT2D eigenvalue weighted by Gasteiger charge is 2.30. The Balaban J connectivity index is 1.51. The summed E-state index contributed by atoms with van der Waals surface area (Å²) >= 11 is 0. The molecule has 1 amide bonds. The van der Waals surface area contributed by atoms with Crippen LogP contribution in [0.1, 0.15) is 56.4 Å². The van der Waals surface area contributed by atoms with Crippen molar-refractivity contribution >= 4 is 16.8 Å². The molecule has 1 aliphatic carbocycles. The summed E-state index contributed by atoms with van der Waals surface area (Å²) < 4.78 is 12.6. The molecule has 1 saturated carbocycles. The molecular weight excluding hydrogens is 518 g/mol. The van der Waals surface area contributed by atoms with Crippen molar-refractivity contribution in [2.75, 3.05) is 34.3 Å². The van der Waals surface area contributed by atoms with Crippen LogP contribution >= 0.6 is 0 Å². The zero-order chi connectivity index (χ0) is 28.5. The molecule has 9 nitrogen and oxygen atoms in total. The average Bonchev–Trinajstić information content (AvgIpc) is 3.58. The number of piperidine rings is 1. The van der Waals surface area contributed by atoms with Crippen molar-refractivity contribution < 1.29 is 14.1 Å². The van der Waals surface area contributed by atoms with Gasteiger partial charge in [-0.1, -0.05) is 48.7 Å². The molecule has 2 aromatic heterocycles.